The fraction of sp³-hybridized carbons (Fsp3) is 0.889. The van der Waals surface area contributed by atoms with Gasteiger partial charge in [-0.15, -0.1) is 0 Å². The molecule has 0 fully saturated rings. The first-order valence-corrected chi connectivity index (χ1v) is 6.29. The molecule has 0 radical (unpaired) electrons. The van der Waals surface area contributed by atoms with Gasteiger partial charge in [0.15, 0.2) is 0 Å². The summed E-state index contributed by atoms with van der Waals surface area (Å²) in [6.45, 7) is 6.53. The molecule has 0 saturated carbocycles. The number of hydrogen-bond acceptors (Lipinski definition) is 3. The zero-order chi connectivity index (χ0) is 10.4. The number of esters is 1. The number of halogens is 1. The highest BCUT2D eigenvalue weighted by atomic mass is 79.9. The Hall–Kier alpha value is 0.300. The third-order valence-electron chi connectivity index (χ3n) is 1.90. The van der Waals surface area contributed by atoms with Crippen LogP contribution in [0.2, 0.25) is 0 Å². The van der Waals surface area contributed by atoms with Gasteiger partial charge in [0.25, 0.3) is 0 Å². The van der Waals surface area contributed by atoms with E-state index in [1.807, 2.05) is 0 Å². The van der Waals surface area contributed by atoms with E-state index in [0.717, 1.165) is 5.75 Å². The molecule has 0 aromatic rings. The third kappa shape index (κ3) is 5.57. The van der Waals surface area contributed by atoms with Gasteiger partial charge in [0.05, 0.1) is 7.11 Å². The molecule has 0 rings (SSSR count). The lowest BCUT2D eigenvalue weighted by Gasteiger charge is -2.16. The average molecular weight is 269 g/mol. The highest BCUT2D eigenvalue weighted by molar-refractivity contribution is 9.10. The van der Waals surface area contributed by atoms with E-state index < -0.39 is 0 Å². The minimum Gasteiger partial charge on any atom is -0.468 e. The van der Waals surface area contributed by atoms with Crippen LogP contribution in [0, 0.1) is 5.92 Å². The molecule has 0 bridgehead atoms. The first kappa shape index (κ1) is 13.3. The summed E-state index contributed by atoms with van der Waals surface area (Å²) in [5, 5.41) is 0.574. The van der Waals surface area contributed by atoms with Crippen molar-refractivity contribution >= 4 is 33.7 Å². The smallest absolute Gasteiger partial charge is 0.320 e. The third-order valence-corrected chi connectivity index (χ3v) is 4.62. The molecule has 0 spiro atoms. The van der Waals surface area contributed by atoms with Crippen molar-refractivity contribution in [3.8, 4) is 0 Å². The van der Waals surface area contributed by atoms with E-state index >= 15 is 0 Å². The summed E-state index contributed by atoms with van der Waals surface area (Å²) in [6.07, 6.45) is 0. The van der Waals surface area contributed by atoms with Crippen molar-refractivity contribution in [3.05, 3.63) is 0 Å². The number of thioether (sulfide) groups is 1. The van der Waals surface area contributed by atoms with Crippen LogP contribution in [-0.4, -0.2) is 28.9 Å². The molecule has 4 heteroatoms. The minimum absolute atomic E-state index is 0.177. The molecule has 2 atom stereocenters. The summed E-state index contributed by atoms with van der Waals surface area (Å²) in [6, 6.07) is 0. The molecule has 0 aliphatic heterocycles. The molecule has 2 nitrogen and oxygen atoms in total. The Morgan fingerprint density at radius 3 is 2.38 bits per heavy atom. The van der Waals surface area contributed by atoms with Gasteiger partial charge >= 0.3 is 5.97 Å². The summed E-state index contributed by atoms with van der Waals surface area (Å²) < 4.78 is 4.61. The number of methoxy groups -OCH3 is 1. The highest BCUT2D eigenvalue weighted by Crippen LogP contribution is 2.21. The van der Waals surface area contributed by atoms with Gasteiger partial charge in [0.1, 0.15) is 4.83 Å². The summed E-state index contributed by atoms with van der Waals surface area (Å²) in [7, 11) is 1.41. The molecule has 78 valence electrons. The molecule has 0 saturated heterocycles. The van der Waals surface area contributed by atoms with E-state index in [4.69, 9.17) is 0 Å². The summed E-state index contributed by atoms with van der Waals surface area (Å²) in [5.41, 5.74) is 0. The van der Waals surface area contributed by atoms with E-state index in [9.17, 15) is 4.79 Å². The van der Waals surface area contributed by atoms with E-state index in [0.29, 0.717) is 11.2 Å². The number of ether oxygens (including phenoxy) is 1. The fourth-order valence-electron chi connectivity index (χ4n) is 0.625. The van der Waals surface area contributed by atoms with Crippen molar-refractivity contribution in [2.24, 2.45) is 5.92 Å². The lowest BCUT2D eigenvalue weighted by molar-refractivity contribution is -0.139. The van der Waals surface area contributed by atoms with Crippen molar-refractivity contribution in [1.29, 1.82) is 0 Å². The largest absolute Gasteiger partial charge is 0.468 e. The van der Waals surface area contributed by atoms with Gasteiger partial charge in [-0.3, -0.25) is 4.79 Å². The Bertz CT molecular complexity index is 162. The maximum atomic E-state index is 11.0. The number of carbonyl (C=O) groups is 1. The van der Waals surface area contributed by atoms with Crippen LogP contribution >= 0.6 is 27.7 Å². The molecular formula is C9H17BrO2S. The second kappa shape index (κ2) is 6.71. The molecule has 0 N–H and O–H groups in total. The van der Waals surface area contributed by atoms with Gasteiger partial charge in [0, 0.05) is 11.0 Å². The van der Waals surface area contributed by atoms with Crippen LogP contribution in [-0.2, 0) is 9.53 Å². The van der Waals surface area contributed by atoms with Crippen LogP contribution in [0.25, 0.3) is 0 Å². The molecule has 0 aliphatic carbocycles. The SMILES string of the molecule is COC(=O)C(Br)CSC(C)C(C)C. The summed E-state index contributed by atoms with van der Waals surface area (Å²) >= 11 is 5.07. The first-order valence-electron chi connectivity index (χ1n) is 4.32. The van der Waals surface area contributed by atoms with Crippen molar-refractivity contribution in [2.75, 3.05) is 12.9 Å². The lowest BCUT2D eigenvalue weighted by Crippen LogP contribution is -2.20. The molecule has 0 aromatic heterocycles. The van der Waals surface area contributed by atoms with Crippen LogP contribution < -0.4 is 0 Å². The second-order valence-electron chi connectivity index (χ2n) is 3.27. The zero-order valence-electron chi connectivity index (χ0n) is 8.54. The predicted molar refractivity (Wildman–Crippen MR) is 61.5 cm³/mol. The zero-order valence-corrected chi connectivity index (χ0v) is 10.9. The summed E-state index contributed by atoms with van der Waals surface area (Å²) in [4.78, 5) is 10.8. The molecule has 13 heavy (non-hydrogen) atoms. The topological polar surface area (TPSA) is 26.3 Å². The Balaban J connectivity index is 3.69. The van der Waals surface area contributed by atoms with Crippen molar-refractivity contribution in [2.45, 2.75) is 30.8 Å². The Labute approximate surface area is 92.9 Å². The average Bonchev–Trinajstić information content (AvgIpc) is 2.11. The minimum atomic E-state index is -0.191. The molecule has 0 heterocycles. The van der Waals surface area contributed by atoms with E-state index in [1.165, 1.54) is 7.11 Å². The quantitative estimate of drug-likeness (QED) is 0.567. The van der Waals surface area contributed by atoms with Gasteiger partial charge in [-0.1, -0.05) is 36.7 Å². The Kier molecular flexibility index (Phi) is 6.86. The monoisotopic (exact) mass is 268 g/mol. The standard InChI is InChI=1S/C9H17BrO2S/c1-6(2)7(3)13-5-8(10)9(11)12-4/h6-8H,5H2,1-4H3. The molecule has 2 unspecified atom stereocenters. The van der Waals surface area contributed by atoms with Gasteiger partial charge in [-0.25, -0.2) is 0 Å². The van der Waals surface area contributed by atoms with Crippen LogP contribution in [0.15, 0.2) is 0 Å². The number of alkyl halides is 1. The van der Waals surface area contributed by atoms with E-state index in [1.54, 1.807) is 11.8 Å². The second-order valence-corrected chi connectivity index (χ2v) is 5.79. The van der Waals surface area contributed by atoms with Crippen LogP contribution in [0.3, 0.4) is 0 Å². The Morgan fingerprint density at radius 1 is 1.46 bits per heavy atom. The van der Waals surface area contributed by atoms with Gasteiger partial charge in [-0.05, 0) is 5.92 Å². The van der Waals surface area contributed by atoms with Crippen LogP contribution in [0.4, 0.5) is 0 Å². The molecule has 0 amide bonds. The van der Waals surface area contributed by atoms with Gasteiger partial charge < -0.3 is 4.74 Å². The van der Waals surface area contributed by atoms with Crippen molar-refractivity contribution < 1.29 is 9.53 Å². The molecule has 0 aliphatic rings. The maximum Gasteiger partial charge on any atom is 0.320 e. The van der Waals surface area contributed by atoms with E-state index in [-0.39, 0.29) is 10.8 Å². The van der Waals surface area contributed by atoms with Crippen molar-refractivity contribution in [1.82, 2.24) is 0 Å². The number of carbonyl (C=O) groups excluding carboxylic acids is 1. The lowest BCUT2D eigenvalue weighted by atomic mass is 10.2. The molecule has 0 aromatic carbocycles. The summed E-state index contributed by atoms with van der Waals surface area (Å²) in [5.74, 6) is 1.22. The number of hydrogen-bond donors (Lipinski definition) is 0. The normalized spacial score (nSPS) is 15.5. The van der Waals surface area contributed by atoms with Crippen molar-refractivity contribution in [3.63, 3.8) is 0 Å². The number of rotatable bonds is 5. The van der Waals surface area contributed by atoms with Gasteiger partial charge in [0.2, 0.25) is 0 Å². The first-order chi connectivity index (χ1) is 5.99. The molecular weight excluding hydrogens is 252 g/mol. The predicted octanol–water partition coefficient (Wildman–Crippen LogP) is 2.70. The van der Waals surface area contributed by atoms with Gasteiger partial charge in [-0.2, -0.15) is 11.8 Å². The highest BCUT2D eigenvalue weighted by Gasteiger charge is 2.17. The maximum absolute atomic E-state index is 11.0. The van der Waals surface area contributed by atoms with E-state index in [2.05, 4.69) is 41.4 Å². The van der Waals surface area contributed by atoms with Crippen LogP contribution in [0.5, 0.6) is 0 Å². The van der Waals surface area contributed by atoms with Crippen LogP contribution in [0.1, 0.15) is 20.8 Å². The fourth-order valence-corrected chi connectivity index (χ4v) is 2.26. The Morgan fingerprint density at radius 2 is 2.00 bits per heavy atom.